The van der Waals surface area contributed by atoms with Gasteiger partial charge in [-0.3, -0.25) is 14.2 Å². The number of aliphatic imine (C=N–C) groups is 1. The lowest BCUT2D eigenvalue weighted by molar-refractivity contribution is -0.119. The van der Waals surface area contributed by atoms with E-state index in [-0.39, 0.29) is 35.4 Å². The molecule has 3 aliphatic rings. The lowest BCUT2D eigenvalue weighted by Crippen LogP contribution is -2.39. The summed E-state index contributed by atoms with van der Waals surface area (Å²) in [5, 5.41) is 20.6. The minimum atomic E-state index is -0.982. The number of fused-ring (bicyclic) bond motifs is 4. The quantitative estimate of drug-likeness (QED) is 0.364. The van der Waals surface area contributed by atoms with E-state index in [1.54, 1.807) is 38.3 Å². The second-order valence-electron chi connectivity index (χ2n) is 10.3. The first-order chi connectivity index (χ1) is 20.8. The van der Waals surface area contributed by atoms with Crippen molar-refractivity contribution in [1.29, 1.82) is 0 Å². The van der Waals surface area contributed by atoms with Crippen molar-refractivity contribution in [2.24, 2.45) is 10.1 Å². The first-order valence-corrected chi connectivity index (χ1v) is 13.8. The van der Waals surface area contributed by atoms with Crippen molar-refractivity contribution in [2.75, 3.05) is 0 Å². The number of rotatable bonds is 7. The van der Waals surface area contributed by atoms with Crippen molar-refractivity contribution in [3.8, 4) is 11.4 Å². The summed E-state index contributed by atoms with van der Waals surface area (Å²) in [7, 11) is 0. The molecule has 2 amide bonds. The molecule has 1 aliphatic carbocycles. The number of hydrogen-bond donors (Lipinski definition) is 3. The molecule has 1 aromatic heterocycles. The fourth-order valence-electron chi connectivity index (χ4n) is 5.68. The summed E-state index contributed by atoms with van der Waals surface area (Å²) in [4.78, 5) is 47.1. The third kappa shape index (κ3) is 4.96. The van der Waals surface area contributed by atoms with Gasteiger partial charge in [-0.25, -0.2) is 19.8 Å². The third-order valence-electron chi connectivity index (χ3n) is 7.86. The number of carbonyl (C=O) groups is 3. The Bertz CT molecular complexity index is 1780. The summed E-state index contributed by atoms with van der Waals surface area (Å²) < 4.78 is 7.72. The van der Waals surface area contributed by atoms with E-state index in [2.05, 4.69) is 32.4 Å². The smallest absolute Gasteiger partial charge is 0.335 e. The molecule has 1 unspecified atom stereocenters. The van der Waals surface area contributed by atoms with Gasteiger partial charge in [-0.1, -0.05) is 12.1 Å². The SMILES string of the molecule is C=NN1C(C(=O)NC2CCc3c2ccc(C(=O)O)c3C)=CC(C(=O)NCc2ccc3c(c2)-n2ccnc2CO3)=N/C1=C/C. The average Bonchev–Trinajstić information content (AvgIpc) is 3.67. The van der Waals surface area contributed by atoms with Crippen LogP contribution >= 0.6 is 0 Å². The first-order valence-electron chi connectivity index (χ1n) is 13.8. The van der Waals surface area contributed by atoms with Crippen molar-refractivity contribution < 1.29 is 24.2 Å². The highest BCUT2D eigenvalue weighted by Crippen LogP contribution is 2.35. The minimum Gasteiger partial charge on any atom is -0.483 e. The predicted molar refractivity (Wildman–Crippen MR) is 158 cm³/mol. The van der Waals surface area contributed by atoms with E-state index in [4.69, 9.17) is 4.74 Å². The number of allylic oxidation sites excluding steroid dienone is 1. The molecule has 3 heterocycles. The Morgan fingerprint density at radius 1 is 1.23 bits per heavy atom. The zero-order valence-corrected chi connectivity index (χ0v) is 23.6. The second-order valence-corrected chi connectivity index (χ2v) is 10.3. The molecule has 0 radical (unpaired) electrons. The maximum absolute atomic E-state index is 13.6. The van der Waals surface area contributed by atoms with E-state index in [1.807, 2.05) is 29.0 Å². The number of hydrazone groups is 1. The van der Waals surface area contributed by atoms with Gasteiger partial charge < -0.3 is 20.5 Å². The summed E-state index contributed by atoms with van der Waals surface area (Å²) in [5.74, 6) is -0.108. The highest BCUT2D eigenvalue weighted by Gasteiger charge is 2.32. The molecule has 12 nitrogen and oxygen atoms in total. The summed E-state index contributed by atoms with van der Waals surface area (Å²) in [6.45, 7) is 7.70. The summed E-state index contributed by atoms with van der Waals surface area (Å²) >= 11 is 0. The van der Waals surface area contributed by atoms with E-state index >= 15 is 0 Å². The van der Waals surface area contributed by atoms with Gasteiger partial charge >= 0.3 is 5.97 Å². The molecule has 3 N–H and O–H groups in total. The standard InChI is InChI=1S/C31H29N7O5/c1-4-27-35-23(29(39)34-15-18-5-10-26-24(13-18)37-12-11-33-28(37)16-43-26)14-25(38(27)32-3)30(40)36-22-9-8-19-17(2)20(31(41)42)6-7-21(19)22/h4-7,10-14,22H,3,8-9,15-16H2,1-2H3,(H,34,39)(H,36,40)(H,41,42)/b27-4-. The van der Waals surface area contributed by atoms with Crippen molar-refractivity contribution in [2.45, 2.75) is 45.9 Å². The highest BCUT2D eigenvalue weighted by atomic mass is 16.5. The third-order valence-corrected chi connectivity index (χ3v) is 7.86. The van der Waals surface area contributed by atoms with Gasteiger partial charge in [0.2, 0.25) is 0 Å². The lowest BCUT2D eigenvalue weighted by atomic mass is 9.98. The lowest BCUT2D eigenvalue weighted by Gasteiger charge is -2.26. The van der Waals surface area contributed by atoms with Crippen LogP contribution in [-0.2, 0) is 29.2 Å². The molecule has 1 atom stereocenters. The van der Waals surface area contributed by atoms with E-state index in [0.29, 0.717) is 25.0 Å². The van der Waals surface area contributed by atoms with Crippen molar-refractivity contribution >= 4 is 30.2 Å². The average molecular weight is 580 g/mol. The van der Waals surface area contributed by atoms with Gasteiger partial charge in [-0.15, -0.1) is 0 Å². The number of ether oxygens (including phenoxy) is 1. The number of imidazole rings is 1. The zero-order valence-electron chi connectivity index (χ0n) is 23.6. The number of carbonyl (C=O) groups excluding carboxylic acids is 2. The topological polar surface area (TPSA) is 151 Å². The van der Waals surface area contributed by atoms with Crippen LogP contribution in [0.25, 0.3) is 5.69 Å². The van der Waals surface area contributed by atoms with Crippen molar-refractivity contribution in [3.63, 3.8) is 0 Å². The molecule has 0 spiro atoms. The van der Waals surface area contributed by atoms with Gasteiger partial charge in [-0.05, 0) is 73.2 Å². The fourth-order valence-corrected chi connectivity index (χ4v) is 5.68. The number of nitrogens with zero attached hydrogens (tertiary/aromatic N) is 5. The van der Waals surface area contributed by atoms with Gasteiger partial charge in [0.05, 0.1) is 17.3 Å². The van der Waals surface area contributed by atoms with Crippen LogP contribution < -0.4 is 15.4 Å². The Kier molecular flexibility index (Phi) is 7.10. The second kappa shape index (κ2) is 11.0. The van der Waals surface area contributed by atoms with Crippen LogP contribution in [0.5, 0.6) is 5.75 Å². The molecular formula is C31H29N7O5. The monoisotopic (exact) mass is 579 g/mol. The fraction of sp³-hybridized carbons (Fsp3) is 0.226. The van der Waals surface area contributed by atoms with Crippen LogP contribution in [0, 0.1) is 6.92 Å². The van der Waals surface area contributed by atoms with Gasteiger partial charge in [0.25, 0.3) is 11.8 Å². The maximum atomic E-state index is 13.6. The molecule has 0 saturated carbocycles. The minimum absolute atomic E-state index is 0.0464. The van der Waals surface area contributed by atoms with Gasteiger partial charge in [0.15, 0.2) is 11.6 Å². The van der Waals surface area contributed by atoms with Crippen LogP contribution in [0.3, 0.4) is 0 Å². The predicted octanol–water partition coefficient (Wildman–Crippen LogP) is 3.31. The van der Waals surface area contributed by atoms with Crippen molar-refractivity contribution in [3.05, 3.63) is 100 Å². The van der Waals surface area contributed by atoms with Crippen LogP contribution in [0.4, 0.5) is 0 Å². The van der Waals surface area contributed by atoms with Gasteiger partial charge in [0.1, 0.15) is 23.8 Å². The molecule has 12 heteroatoms. The number of hydrogen-bond acceptors (Lipinski definition) is 8. The van der Waals surface area contributed by atoms with Crippen LogP contribution in [0.2, 0.25) is 0 Å². The van der Waals surface area contributed by atoms with Gasteiger partial charge in [0, 0.05) is 31.7 Å². The Morgan fingerprint density at radius 2 is 2.07 bits per heavy atom. The van der Waals surface area contributed by atoms with Gasteiger partial charge in [-0.2, -0.15) is 5.10 Å². The van der Waals surface area contributed by atoms with E-state index < -0.39 is 17.8 Å². The molecule has 6 rings (SSSR count). The number of benzene rings is 2. The molecule has 0 bridgehead atoms. The summed E-state index contributed by atoms with van der Waals surface area (Å²) in [6, 6.07) is 8.65. The molecule has 0 fully saturated rings. The Labute approximate surface area is 247 Å². The first kappa shape index (κ1) is 27.6. The zero-order chi connectivity index (χ0) is 30.2. The molecule has 218 valence electrons. The number of aromatic carboxylic acids is 1. The van der Waals surface area contributed by atoms with Crippen LogP contribution in [0.15, 0.2) is 76.5 Å². The highest BCUT2D eigenvalue weighted by molar-refractivity contribution is 6.44. The number of carboxylic acids is 1. The molecule has 43 heavy (non-hydrogen) atoms. The largest absolute Gasteiger partial charge is 0.483 e. The molecule has 3 aromatic rings. The number of carboxylic acid groups (broad SMARTS) is 1. The van der Waals surface area contributed by atoms with E-state index in [9.17, 15) is 19.5 Å². The van der Waals surface area contributed by atoms with E-state index in [0.717, 1.165) is 34.0 Å². The Morgan fingerprint density at radius 3 is 2.84 bits per heavy atom. The van der Waals surface area contributed by atoms with E-state index in [1.165, 1.54) is 11.1 Å². The normalized spacial score (nSPS) is 17.6. The summed E-state index contributed by atoms with van der Waals surface area (Å²) in [6.07, 6.45) is 7.86. The number of amides is 2. The van der Waals surface area contributed by atoms with Crippen LogP contribution in [0.1, 0.15) is 57.8 Å². The number of aromatic nitrogens is 2. The Hall–Kier alpha value is -5.52. The Balaban J connectivity index is 1.20. The molecule has 2 aliphatic heterocycles. The molecular weight excluding hydrogens is 550 g/mol. The van der Waals surface area contributed by atoms with Crippen LogP contribution in [-0.4, -0.2) is 49.9 Å². The van der Waals surface area contributed by atoms with Crippen molar-refractivity contribution in [1.82, 2.24) is 25.2 Å². The molecule has 0 saturated heterocycles. The summed E-state index contributed by atoms with van der Waals surface area (Å²) in [5.41, 5.74) is 4.58. The molecule has 2 aromatic carbocycles. The maximum Gasteiger partial charge on any atom is 0.335 e. The number of nitrogens with one attached hydrogen (secondary N) is 2.